The fourth-order valence-electron chi connectivity index (χ4n) is 1.75. The molecule has 1 aliphatic rings. The number of likely N-dealkylation sites (N-methyl/N-ethyl adjacent to an activating group) is 1. The molecule has 1 saturated heterocycles. The first kappa shape index (κ1) is 10.6. The summed E-state index contributed by atoms with van der Waals surface area (Å²) in [4.78, 5) is 0. The topological polar surface area (TPSA) is 60.2 Å². The van der Waals surface area contributed by atoms with E-state index in [0.717, 1.165) is 32.4 Å². The molecule has 1 fully saturated rings. The predicted molar refractivity (Wildman–Crippen MR) is 54.5 cm³/mol. The highest BCUT2D eigenvalue weighted by Crippen LogP contribution is 2.34. The molecule has 0 aliphatic carbocycles. The molecule has 1 N–H and O–H groups in total. The van der Waals surface area contributed by atoms with E-state index in [2.05, 4.69) is 15.5 Å². The molecule has 0 amide bonds. The number of hydrogen-bond donors (Lipinski definition) is 1. The van der Waals surface area contributed by atoms with E-state index in [1.54, 1.807) is 0 Å². The SMILES string of the molecule is CNCCc1nnc(C2(C)CCCO2)o1. The Morgan fingerprint density at radius 2 is 2.33 bits per heavy atom. The second-order valence-electron chi connectivity index (χ2n) is 4.04. The van der Waals surface area contributed by atoms with E-state index in [4.69, 9.17) is 9.15 Å². The molecule has 2 rings (SSSR count). The van der Waals surface area contributed by atoms with E-state index >= 15 is 0 Å². The van der Waals surface area contributed by atoms with Gasteiger partial charge in [-0.3, -0.25) is 0 Å². The van der Waals surface area contributed by atoms with Gasteiger partial charge in [0.1, 0.15) is 5.60 Å². The second-order valence-corrected chi connectivity index (χ2v) is 4.04. The lowest BCUT2D eigenvalue weighted by Gasteiger charge is -2.17. The Balaban J connectivity index is 2.05. The summed E-state index contributed by atoms with van der Waals surface area (Å²) < 4.78 is 11.2. The van der Waals surface area contributed by atoms with Gasteiger partial charge in [0.05, 0.1) is 0 Å². The summed E-state index contributed by atoms with van der Waals surface area (Å²) in [5.41, 5.74) is -0.356. The van der Waals surface area contributed by atoms with Crippen LogP contribution in [-0.4, -0.2) is 30.4 Å². The van der Waals surface area contributed by atoms with Crippen molar-refractivity contribution >= 4 is 0 Å². The number of aromatic nitrogens is 2. The van der Waals surface area contributed by atoms with Crippen LogP contribution in [0.5, 0.6) is 0 Å². The minimum absolute atomic E-state index is 0.356. The van der Waals surface area contributed by atoms with E-state index in [0.29, 0.717) is 11.8 Å². The van der Waals surface area contributed by atoms with Crippen molar-refractivity contribution in [3.63, 3.8) is 0 Å². The molecule has 2 heterocycles. The van der Waals surface area contributed by atoms with Crippen LogP contribution in [0.1, 0.15) is 31.5 Å². The van der Waals surface area contributed by atoms with Crippen molar-refractivity contribution in [3.8, 4) is 0 Å². The van der Waals surface area contributed by atoms with Gasteiger partial charge < -0.3 is 14.5 Å². The van der Waals surface area contributed by atoms with Gasteiger partial charge in [0.15, 0.2) is 0 Å². The summed E-state index contributed by atoms with van der Waals surface area (Å²) in [5, 5.41) is 11.1. The summed E-state index contributed by atoms with van der Waals surface area (Å²) in [6.45, 7) is 3.64. The zero-order chi connectivity index (χ0) is 10.7. The van der Waals surface area contributed by atoms with Gasteiger partial charge in [0.2, 0.25) is 11.8 Å². The molecule has 15 heavy (non-hydrogen) atoms. The second kappa shape index (κ2) is 4.28. The maximum absolute atomic E-state index is 5.63. The zero-order valence-corrected chi connectivity index (χ0v) is 9.25. The van der Waals surface area contributed by atoms with Gasteiger partial charge in [-0.2, -0.15) is 0 Å². The van der Waals surface area contributed by atoms with Crippen LogP contribution in [0.25, 0.3) is 0 Å². The molecule has 0 spiro atoms. The van der Waals surface area contributed by atoms with Crippen molar-refractivity contribution < 1.29 is 9.15 Å². The molecule has 84 valence electrons. The lowest BCUT2D eigenvalue weighted by Crippen LogP contribution is -2.20. The molecule has 5 nitrogen and oxygen atoms in total. The lowest BCUT2D eigenvalue weighted by atomic mass is 10.0. The molecule has 1 aromatic heterocycles. The fraction of sp³-hybridized carbons (Fsp3) is 0.800. The van der Waals surface area contributed by atoms with Gasteiger partial charge in [-0.25, -0.2) is 0 Å². The Hall–Kier alpha value is -0.940. The highest BCUT2D eigenvalue weighted by atomic mass is 16.5. The van der Waals surface area contributed by atoms with Gasteiger partial charge in [-0.1, -0.05) is 0 Å². The first-order valence-corrected chi connectivity index (χ1v) is 5.36. The average molecular weight is 211 g/mol. The third kappa shape index (κ3) is 2.18. The smallest absolute Gasteiger partial charge is 0.247 e. The highest BCUT2D eigenvalue weighted by molar-refractivity contribution is 4.98. The standard InChI is InChI=1S/C10H17N3O2/c1-10(5-3-7-14-10)9-13-12-8(15-9)4-6-11-2/h11H,3-7H2,1-2H3. The molecule has 1 atom stereocenters. The van der Waals surface area contributed by atoms with E-state index in [9.17, 15) is 0 Å². The molecule has 0 aromatic carbocycles. The molecule has 1 aromatic rings. The Labute approximate surface area is 89.2 Å². The number of nitrogens with zero attached hydrogens (tertiary/aromatic N) is 2. The molecule has 1 aliphatic heterocycles. The first-order chi connectivity index (χ1) is 7.24. The van der Waals surface area contributed by atoms with Gasteiger partial charge in [0, 0.05) is 19.6 Å². The van der Waals surface area contributed by atoms with Crippen molar-refractivity contribution in [1.29, 1.82) is 0 Å². The van der Waals surface area contributed by atoms with Gasteiger partial charge in [0.25, 0.3) is 0 Å². The van der Waals surface area contributed by atoms with Gasteiger partial charge in [-0.05, 0) is 26.8 Å². The number of ether oxygens (including phenoxy) is 1. The third-order valence-electron chi connectivity index (χ3n) is 2.73. The van der Waals surface area contributed by atoms with Crippen LogP contribution in [0.15, 0.2) is 4.42 Å². The van der Waals surface area contributed by atoms with Gasteiger partial charge in [-0.15, -0.1) is 10.2 Å². The maximum Gasteiger partial charge on any atom is 0.247 e. The van der Waals surface area contributed by atoms with Gasteiger partial charge >= 0.3 is 0 Å². The van der Waals surface area contributed by atoms with Crippen molar-refractivity contribution in [2.45, 2.75) is 31.8 Å². The van der Waals surface area contributed by atoms with Crippen LogP contribution in [0.4, 0.5) is 0 Å². The van der Waals surface area contributed by atoms with E-state index in [1.807, 2.05) is 14.0 Å². The monoisotopic (exact) mass is 211 g/mol. The molecule has 0 radical (unpaired) electrons. The highest BCUT2D eigenvalue weighted by Gasteiger charge is 2.37. The summed E-state index contributed by atoms with van der Waals surface area (Å²) >= 11 is 0. The van der Waals surface area contributed by atoms with Crippen molar-refractivity contribution in [3.05, 3.63) is 11.8 Å². The number of rotatable bonds is 4. The van der Waals surface area contributed by atoms with E-state index in [1.165, 1.54) is 0 Å². The van der Waals surface area contributed by atoms with Crippen LogP contribution in [-0.2, 0) is 16.8 Å². The fourth-order valence-corrected chi connectivity index (χ4v) is 1.75. The summed E-state index contributed by atoms with van der Waals surface area (Å²) in [6, 6.07) is 0. The van der Waals surface area contributed by atoms with Crippen molar-refractivity contribution in [2.75, 3.05) is 20.2 Å². The Kier molecular flexibility index (Phi) is 3.02. The van der Waals surface area contributed by atoms with E-state index in [-0.39, 0.29) is 5.60 Å². The number of hydrogen-bond acceptors (Lipinski definition) is 5. The average Bonchev–Trinajstić information content (AvgIpc) is 2.84. The largest absolute Gasteiger partial charge is 0.422 e. The molecular formula is C10H17N3O2. The molecule has 0 saturated carbocycles. The number of nitrogens with one attached hydrogen (secondary N) is 1. The van der Waals surface area contributed by atoms with Crippen molar-refractivity contribution in [2.24, 2.45) is 0 Å². The normalized spacial score (nSPS) is 26.0. The predicted octanol–water partition coefficient (Wildman–Crippen LogP) is 0.857. The maximum atomic E-state index is 5.63. The van der Waals surface area contributed by atoms with Crippen LogP contribution >= 0.6 is 0 Å². The van der Waals surface area contributed by atoms with Crippen LogP contribution < -0.4 is 5.32 Å². The Bertz CT molecular complexity index is 318. The minimum atomic E-state index is -0.356. The van der Waals surface area contributed by atoms with E-state index < -0.39 is 0 Å². The Morgan fingerprint density at radius 3 is 3.00 bits per heavy atom. The molecule has 0 bridgehead atoms. The molecule has 1 unspecified atom stereocenters. The van der Waals surface area contributed by atoms with Crippen molar-refractivity contribution in [1.82, 2.24) is 15.5 Å². The quantitative estimate of drug-likeness (QED) is 0.800. The Morgan fingerprint density at radius 1 is 1.47 bits per heavy atom. The minimum Gasteiger partial charge on any atom is -0.422 e. The molecule has 5 heteroatoms. The zero-order valence-electron chi connectivity index (χ0n) is 9.25. The van der Waals surface area contributed by atoms with Crippen LogP contribution in [0, 0.1) is 0 Å². The lowest BCUT2D eigenvalue weighted by molar-refractivity contribution is -0.00612. The summed E-state index contributed by atoms with van der Waals surface area (Å²) in [6.07, 6.45) is 2.78. The first-order valence-electron chi connectivity index (χ1n) is 5.36. The molecular weight excluding hydrogens is 194 g/mol. The van der Waals surface area contributed by atoms with Crippen LogP contribution in [0.2, 0.25) is 0 Å². The third-order valence-corrected chi connectivity index (χ3v) is 2.73. The summed E-state index contributed by atoms with van der Waals surface area (Å²) in [5.74, 6) is 1.29. The summed E-state index contributed by atoms with van der Waals surface area (Å²) in [7, 11) is 1.90. The van der Waals surface area contributed by atoms with Crippen LogP contribution in [0.3, 0.4) is 0 Å².